The Morgan fingerprint density at radius 1 is 0.852 bits per heavy atom. The maximum atomic E-state index is 12.5. The van der Waals surface area contributed by atoms with Gasteiger partial charge in [0.1, 0.15) is 10.6 Å². The molecule has 0 aliphatic rings. The van der Waals surface area contributed by atoms with Crippen LogP contribution >= 0.6 is 0 Å². The Bertz CT molecular complexity index is 1090. The van der Waals surface area contributed by atoms with Gasteiger partial charge in [0.15, 0.2) is 17.2 Å². The molecule has 0 aliphatic heterocycles. The maximum absolute atomic E-state index is 12.5. The smallest absolute Gasteiger partial charge is 0.339 e. The van der Waals surface area contributed by atoms with Crippen molar-refractivity contribution in [3.63, 3.8) is 0 Å². The first-order valence-corrected chi connectivity index (χ1v) is 9.30. The summed E-state index contributed by atoms with van der Waals surface area (Å²) < 4.78 is 30.2. The molecule has 0 heterocycles. The molecule has 0 unspecified atom stereocenters. The lowest BCUT2D eigenvalue weighted by atomic mass is 10.2. The molecule has 3 aromatic carbocycles. The monoisotopic (exact) mass is 384 g/mol. The summed E-state index contributed by atoms with van der Waals surface area (Å²) in [5.74, 6) is -0.593. The third-order valence-corrected chi connectivity index (χ3v) is 4.86. The van der Waals surface area contributed by atoms with E-state index in [1.165, 1.54) is 36.4 Å². The zero-order valence-electron chi connectivity index (χ0n) is 14.3. The number of aromatic hydroxyl groups is 2. The molecule has 0 saturated heterocycles. The molecule has 0 radical (unpaired) electrons. The number of benzene rings is 3. The summed E-state index contributed by atoms with van der Waals surface area (Å²) in [5.41, 5.74) is 1.41. The molecule has 138 valence electrons. The molecule has 3 aromatic rings. The molecule has 0 amide bonds. The predicted octanol–water partition coefficient (Wildman–Crippen LogP) is 4.59. The summed E-state index contributed by atoms with van der Waals surface area (Å²) >= 11 is 0. The predicted molar refractivity (Wildman–Crippen MR) is 99.4 cm³/mol. The van der Waals surface area contributed by atoms with E-state index in [2.05, 4.69) is 10.2 Å². The number of hydrogen-bond acceptors (Lipinski definition) is 7. The fourth-order valence-corrected chi connectivity index (χ4v) is 3.11. The van der Waals surface area contributed by atoms with E-state index in [4.69, 9.17) is 4.18 Å². The largest absolute Gasteiger partial charge is 0.504 e. The zero-order valence-corrected chi connectivity index (χ0v) is 15.1. The summed E-state index contributed by atoms with van der Waals surface area (Å²) in [6, 6.07) is 16.5. The second kappa shape index (κ2) is 7.46. The minimum Gasteiger partial charge on any atom is -0.504 e. The number of para-hydroxylation sites is 1. The molecule has 0 aliphatic carbocycles. The minimum atomic E-state index is -4.02. The molecule has 0 spiro atoms. The van der Waals surface area contributed by atoms with E-state index in [9.17, 15) is 18.6 Å². The van der Waals surface area contributed by atoms with Crippen LogP contribution in [0.4, 0.5) is 11.4 Å². The van der Waals surface area contributed by atoms with Crippen molar-refractivity contribution < 1.29 is 22.8 Å². The van der Waals surface area contributed by atoms with Crippen molar-refractivity contribution in [1.29, 1.82) is 0 Å². The van der Waals surface area contributed by atoms with Crippen LogP contribution in [0.2, 0.25) is 0 Å². The first kappa shape index (κ1) is 18.4. The molecule has 0 atom stereocenters. The molecule has 0 fully saturated rings. The van der Waals surface area contributed by atoms with Crippen molar-refractivity contribution in [2.24, 2.45) is 10.2 Å². The molecule has 0 bridgehead atoms. The second-order valence-electron chi connectivity index (χ2n) is 5.69. The molecule has 0 saturated carbocycles. The highest BCUT2D eigenvalue weighted by Crippen LogP contribution is 2.33. The molecule has 2 N–H and O–H groups in total. The zero-order chi connectivity index (χ0) is 19.4. The van der Waals surface area contributed by atoms with E-state index in [1.807, 2.05) is 6.92 Å². The van der Waals surface area contributed by atoms with Gasteiger partial charge >= 0.3 is 10.1 Å². The quantitative estimate of drug-likeness (QED) is 0.380. The van der Waals surface area contributed by atoms with Crippen LogP contribution in [0.25, 0.3) is 0 Å². The van der Waals surface area contributed by atoms with Crippen LogP contribution in [0.3, 0.4) is 0 Å². The van der Waals surface area contributed by atoms with E-state index in [0.717, 1.165) is 5.56 Å². The van der Waals surface area contributed by atoms with E-state index in [0.29, 0.717) is 0 Å². The lowest BCUT2D eigenvalue weighted by Crippen LogP contribution is -2.09. The molecular formula is C19H16N2O5S. The number of hydrogen-bond donors (Lipinski definition) is 2. The lowest BCUT2D eigenvalue weighted by molar-refractivity contribution is 0.404. The van der Waals surface area contributed by atoms with Gasteiger partial charge in [-0.3, -0.25) is 0 Å². The summed E-state index contributed by atoms with van der Waals surface area (Å²) in [6.45, 7) is 1.86. The molecule has 7 nitrogen and oxygen atoms in total. The van der Waals surface area contributed by atoms with Gasteiger partial charge in [0.25, 0.3) is 0 Å². The second-order valence-corrected chi connectivity index (χ2v) is 7.24. The van der Waals surface area contributed by atoms with Crippen LogP contribution in [0.15, 0.2) is 81.9 Å². The Kier molecular flexibility index (Phi) is 5.09. The van der Waals surface area contributed by atoms with Gasteiger partial charge in [-0.05, 0) is 43.3 Å². The summed E-state index contributed by atoms with van der Waals surface area (Å²) in [5, 5.41) is 26.7. The number of azo groups is 1. The Labute approximate surface area is 156 Å². The van der Waals surface area contributed by atoms with Gasteiger partial charge in [-0.2, -0.15) is 13.5 Å². The van der Waals surface area contributed by atoms with Gasteiger partial charge in [-0.15, -0.1) is 5.11 Å². The molecule has 3 rings (SSSR count). The van der Waals surface area contributed by atoms with E-state index < -0.39 is 10.1 Å². The molecular weight excluding hydrogens is 368 g/mol. The first-order valence-electron chi connectivity index (χ1n) is 7.89. The number of phenolic OH excluding ortho intramolecular Hbond substituents is 2. The van der Waals surface area contributed by atoms with Crippen molar-refractivity contribution in [2.45, 2.75) is 11.8 Å². The van der Waals surface area contributed by atoms with Crippen molar-refractivity contribution in [3.8, 4) is 17.2 Å². The van der Waals surface area contributed by atoms with Gasteiger partial charge in [-0.25, -0.2) is 0 Å². The highest BCUT2D eigenvalue weighted by molar-refractivity contribution is 7.87. The van der Waals surface area contributed by atoms with Gasteiger partial charge < -0.3 is 14.4 Å². The average Bonchev–Trinajstić information content (AvgIpc) is 2.64. The summed E-state index contributed by atoms with van der Waals surface area (Å²) in [4.78, 5) is 0.0308. The Hall–Kier alpha value is -3.39. The standard InChI is InChI=1S/C19H16N2O5S/c1-13-6-9-15(10-7-13)27(24,25)26-19-5-3-2-4-16(19)21-20-14-8-11-17(22)18(23)12-14/h2-12,22-23H,1H3. The lowest BCUT2D eigenvalue weighted by Gasteiger charge is -2.09. The van der Waals surface area contributed by atoms with Crippen LogP contribution in [-0.2, 0) is 10.1 Å². The van der Waals surface area contributed by atoms with Gasteiger partial charge in [-0.1, -0.05) is 29.8 Å². The van der Waals surface area contributed by atoms with Gasteiger partial charge in [0, 0.05) is 6.07 Å². The topological polar surface area (TPSA) is 109 Å². The Morgan fingerprint density at radius 3 is 2.26 bits per heavy atom. The van der Waals surface area contributed by atoms with Crippen LogP contribution in [0.5, 0.6) is 17.2 Å². The normalized spacial score (nSPS) is 11.6. The highest BCUT2D eigenvalue weighted by Gasteiger charge is 2.18. The van der Waals surface area contributed by atoms with Gasteiger partial charge in [0.05, 0.1) is 5.69 Å². The van der Waals surface area contributed by atoms with Crippen molar-refractivity contribution in [2.75, 3.05) is 0 Å². The van der Waals surface area contributed by atoms with Crippen LogP contribution in [0, 0.1) is 6.92 Å². The minimum absolute atomic E-state index is 0.0184. The number of rotatable bonds is 5. The SMILES string of the molecule is Cc1ccc(S(=O)(=O)Oc2ccccc2N=Nc2ccc(O)c(O)c2)cc1. The molecule has 0 aromatic heterocycles. The van der Waals surface area contributed by atoms with Crippen LogP contribution < -0.4 is 4.18 Å². The third-order valence-electron chi connectivity index (χ3n) is 3.61. The highest BCUT2D eigenvalue weighted by atomic mass is 32.2. The third kappa shape index (κ3) is 4.42. The molecule has 27 heavy (non-hydrogen) atoms. The molecule has 8 heteroatoms. The first-order chi connectivity index (χ1) is 12.8. The fourth-order valence-electron chi connectivity index (χ4n) is 2.17. The number of aryl methyl sites for hydroxylation is 1. The van der Waals surface area contributed by atoms with Crippen molar-refractivity contribution in [3.05, 3.63) is 72.3 Å². The van der Waals surface area contributed by atoms with E-state index in [1.54, 1.807) is 30.3 Å². The fraction of sp³-hybridized carbons (Fsp3) is 0.0526. The van der Waals surface area contributed by atoms with Gasteiger partial charge in [0.2, 0.25) is 0 Å². The van der Waals surface area contributed by atoms with Crippen LogP contribution in [0.1, 0.15) is 5.56 Å². The van der Waals surface area contributed by atoms with Crippen LogP contribution in [-0.4, -0.2) is 18.6 Å². The number of nitrogens with zero attached hydrogens (tertiary/aromatic N) is 2. The Morgan fingerprint density at radius 2 is 1.56 bits per heavy atom. The maximum Gasteiger partial charge on any atom is 0.339 e. The number of phenols is 2. The average molecular weight is 384 g/mol. The summed E-state index contributed by atoms with van der Waals surface area (Å²) in [7, 11) is -4.02. The van der Waals surface area contributed by atoms with Crippen molar-refractivity contribution in [1.82, 2.24) is 0 Å². The van der Waals surface area contributed by atoms with E-state index in [-0.39, 0.29) is 33.5 Å². The van der Waals surface area contributed by atoms with Crippen molar-refractivity contribution >= 4 is 21.5 Å². The van der Waals surface area contributed by atoms with E-state index >= 15 is 0 Å². The Balaban J connectivity index is 1.88. The summed E-state index contributed by atoms with van der Waals surface area (Å²) in [6.07, 6.45) is 0.